The van der Waals surface area contributed by atoms with E-state index in [0.717, 1.165) is 37.0 Å². The highest BCUT2D eigenvalue weighted by atomic mass is 32.2. The number of nitrogens with zero attached hydrogens (tertiary/aromatic N) is 5. The Morgan fingerprint density at radius 3 is 2.55 bits per heavy atom. The molecule has 1 saturated heterocycles. The van der Waals surface area contributed by atoms with E-state index in [1.807, 2.05) is 60.5 Å². The number of aromatic nitrogens is 3. The van der Waals surface area contributed by atoms with Gasteiger partial charge in [-0.25, -0.2) is 9.78 Å². The Labute approximate surface area is 187 Å². The van der Waals surface area contributed by atoms with Crippen molar-refractivity contribution in [1.29, 1.82) is 0 Å². The molecule has 8 heteroatoms. The summed E-state index contributed by atoms with van der Waals surface area (Å²) in [6, 6.07) is 11.8. The predicted molar refractivity (Wildman–Crippen MR) is 121 cm³/mol. The van der Waals surface area contributed by atoms with Crippen LogP contribution in [0, 0.1) is 0 Å². The van der Waals surface area contributed by atoms with Crippen LogP contribution in [0.15, 0.2) is 66.3 Å². The average Bonchev–Trinajstić information content (AvgIpc) is 3.21. The van der Waals surface area contributed by atoms with Crippen LogP contribution in [-0.2, 0) is 20.0 Å². The summed E-state index contributed by atoms with van der Waals surface area (Å²) in [4.78, 5) is 25.1. The number of hydrogen-bond acceptors (Lipinski definition) is 6. The van der Waals surface area contributed by atoms with Crippen LogP contribution < -0.4 is 4.74 Å². The number of pyridine rings is 1. The fourth-order valence-electron chi connectivity index (χ4n) is 3.48. The second-order valence-corrected chi connectivity index (χ2v) is 8.62. The molecule has 7 nitrogen and oxygen atoms in total. The van der Waals surface area contributed by atoms with E-state index in [0.29, 0.717) is 18.8 Å². The van der Waals surface area contributed by atoms with Gasteiger partial charge in [0.25, 0.3) is 0 Å². The van der Waals surface area contributed by atoms with Gasteiger partial charge in [-0.15, -0.1) is 0 Å². The molecular weight excluding hydrogens is 410 g/mol. The largest absolute Gasteiger partial charge is 0.415 e. The zero-order chi connectivity index (χ0) is 21.5. The summed E-state index contributed by atoms with van der Waals surface area (Å²) in [5.74, 6) is 1.54. The van der Waals surface area contributed by atoms with Crippen LogP contribution in [0.3, 0.4) is 0 Å². The number of imidazole rings is 1. The van der Waals surface area contributed by atoms with Crippen molar-refractivity contribution in [3.8, 4) is 5.75 Å². The lowest BCUT2D eigenvalue weighted by atomic mass is 10.2. The molecule has 1 aromatic carbocycles. The summed E-state index contributed by atoms with van der Waals surface area (Å²) < 4.78 is 7.60. The highest BCUT2D eigenvalue weighted by Crippen LogP contribution is 2.19. The molecule has 4 rings (SSSR count). The summed E-state index contributed by atoms with van der Waals surface area (Å²) in [5.41, 5.74) is 2.41. The molecule has 3 heterocycles. The first kappa shape index (κ1) is 21.4. The second-order valence-electron chi connectivity index (χ2n) is 7.56. The van der Waals surface area contributed by atoms with Crippen molar-refractivity contribution in [2.75, 3.05) is 31.9 Å². The Balaban J connectivity index is 1.19. The Kier molecular flexibility index (Phi) is 7.22. The highest BCUT2D eigenvalue weighted by Gasteiger charge is 2.22. The van der Waals surface area contributed by atoms with Gasteiger partial charge in [0.15, 0.2) is 5.16 Å². The lowest BCUT2D eigenvalue weighted by Gasteiger charge is -2.33. The van der Waals surface area contributed by atoms with Crippen LogP contribution in [-0.4, -0.2) is 62.4 Å². The molecule has 1 aliphatic rings. The summed E-state index contributed by atoms with van der Waals surface area (Å²) in [7, 11) is 2.00. The Morgan fingerprint density at radius 1 is 1.06 bits per heavy atom. The summed E-state index contributed by atoms with van der Waals surface area (Å²) >= 11 is 1.74. The summed E-state index contributed by atoms with van der Waals surface area (Å²) in [6.07, 6.45) is 8.09. The fourth-order valence-corrected chi connectivity index (χ4v) is 4.40. The van der Waals surface area contributed by atoms with Crippen molar-refractivity contribution in [3.05, 3.63) is 72.3 Å². The third-order valence-corrected chi connectivity index (χ3v) is 6.35. The highest BCUT2D eigenvalue weighted by molar-refractivity contribution is 7.99. The third-order valence-electron chi connectivity index (χ3n) is 5.29. The van der Waals surface area contributed by atoms with Crippen LogP contribution in [0.2, 0.25) is 0 Å². The molecule has 0 N–H and O–H groups in total. The average molecular weight is 438 g/mol. The second kappa shape index (κ2) is 10.5. The number of carbonyl (C=O) groups excluding carboxylic acids is 1. The van der Waals surface area contributed by atoms with Crippen LogP contribution >= 0.6 is 11.8 Å². The van der Waals surface area contributed by atoms with Crippen molar-refractivity contribution in [2.45, 2.75) is 18.1 Å². The lowest BCUT2D eigenvalue weighted by molar-refractivity contribution is 0.108. The van der Waals surface area contributed by atoms with Gasteiger partial charge in [0, 0.05) is 70.3 Å². The van der Waals surface area contributed by atoms with E-state index in [1.54, 1.807) is 22.9 Å². The Bertz CT molecular complexity index is 969. The zero-order valence-corrected chi connectivity index (χ0v) is 18.5. The van der Waals surface area contributed by atoms with Crippen molar-refractivity contribution < 1.29 is 9.53 Å². The maximum absolute atomic E-state index is 12.5. The fraction of sp³-hybridized carbons (Fsp3) is 0.348. The Hall–Kier alpha value is -2.84. The first-order chi connectivity index (χ1) is 15.2. The molecule has 0 spiro atoms. The molecule has 1 fully saturated rings. The van der Waals surface area contributed by atoms with E-state index in [9.17, 15) is 4.79 Å². The van der Waals surface area contributed by atoms with E-state index in [4.69, 9.17) is 4.74 Å². The summed E-state index contributed by atoms with van der Waals surface area (Å²) in [6.45, 7) is 3.85. The van der Waals surface area contributed by atoms with E-state index in [1.165, 1.54) is 11.1 Å². The van der Waals surface area contributed by atoms with Gasteiger partial charge in [0.1, 0.15) is 5.75 Å². The number of amides is 1. The molecular formula is C23H27N5O2S. The minimum atomic E-state index is -0.279. The number of benzene rings is 1. The van der Waals surface area contributed by atoms with E-state index in [2.05, 4.69) is 20.9 Å². The molecule has 31 heavy (non-hydrogen) atoms. The van der Waals surface area contributed by atoms with Crippen LogP contribution in [0.25, 0.3) is 0 Å². The monoisotopic (exact) mass is 437 g/mol. The number of thioether (sulfide) groups is 1. The lowest BCUT2D eigenvalue weighted by Crippen LogP contribution is -2.49. The first-order valence-corrected chi connectivity index (χ1v) is 11.4. The van der Waals surface area contributed by atoms with Gasteiger partial charge < -0.3 is 14.2 Å². The molecule has 0 radical (unpaired) electrons. The molecule has 0 unspecified atom stereocenters. The first-order valence-electron chi connectivity index (χ1n) is 10.4. The van der Waals surface area contributed by atoms with Gasteiger partial charge in [-0.05, 0) is 35.7 Å². The SMILES string of the molecule is Cn1ccnc1SCCc1ccc(OC(=O)N2CCN(Cc3cccnc3)CC2)cc1. The molecule has 0 aliphatic carbocycles. The topological polar surface area (TPSA) is 63.5 Å². The summed E-state index contributed by atoms with van der Waals surface area (Å²) in [5, 5.41) is 1.02. The minimum absolute atomic E-state index is 0.279. The number of ether oxygens (including phenoxy) is 1. The quantitative estimate of drug-likeness (QED) is 0.528. The van der Waals surface area contributed by atoms with Crippen molar-refractivity contribution >= 4 is 17.9 Å². The van der Waals surface area contributed by atoms with Crippen LogP contribution in [0.1, 0.15) is 11.1 Å². The minimum Gasteiger partial charge on any atom is -0.410 e. The van der Waals surface area contributed by atoms with Gasteiger partial charge in [-0.2, -0.15) is 0 Å². The van der Waals surface area contributed by atoms with Gasteiger partial charge in [0.2, 0.25) is 0 Å². The van der Waals surface area contributed by atoms with Gasteiger partial charge in [-0.1, -0.05) is 30.0 Å². The number of rotatable bonds is 7. The molecule has 3 aromatic rings. The predicted octanol–water partition coefficient (Wildman–Crippen LogP) is 3.47. The molecule has 1 aliphatic heterocycles. The number of hydrogen-bond donors (Lipinski definition) is 0. The molecule has 1 amide bonds. The van der Waals surface area contributed by atoms with Crippen LogP contribution in [0.4, 0.5) is 4.79 Å². The molecule has 0 bridgehead atoms. The maximum atomic E-state index is 12.5. The van der Waals surface area contributed by atoms with E-state index in [-0.39, 0.29) is 6.09 Å². The molecule has 0 saturated carbocycles. The third kappa shape index (κ3) is 6.08. The molecule has 162 valence electrons. The van der Waals surface area contributed by atoms with Crippen molar-refractivity contribution in [2.24, 2.45) is 7.05 Å². The van der Waals surface area contributed by atoms with Gasteiger partial charge in [0.05, 0.1) is 0 Å². The number of carbonyl (C=O) groups is 1. The molecule has 0 atom stereocenters. The van der Waals surface area contributed by atoms with E-state index < -0.39 is 0 Å². The number of aryl methyl sites for hydroxylation is 2. The smallest absolute Gasteiger partial charge is 0.410 e. The Morgan fingerprint density at radius 2 is 1.87 bits per heavy atom. The van der Waals surface area contributed by atoms with Gasteiger partial charge >= 0.3 is 6.09 Å². The normalized spacial score (nSPS) is 14.5. The van der Waals surface area contributed by atoms with Gasteiger partial charge in [-0.3, -0.25) is 9.88 Å². The standard InChI is InChI=1S/C23H27N5O2S/c1-26-11-10-25-22(26)31-16-8-19-4-6-21(7-5-19)30-23(29)28-14-12-27(13-15-28)18-20-3-2-9-24-17-20/h2-7,9-11,17H,8,12-16,18H2,1H3. The molecule has 2 aromatic heterocycles. The van der Waals surface area contributed by atoms with Crippen molar-refractivity contribution in [1.82, 2.24) is 24.3 Å². The number of piperazine rings is 1. The van der Waals surface area contributed by atoms with E-state index >= 15 is 0 Å². The zero-order valence-electron chi connectivity index (χ0n) is 17.7. The van der Waals surface area contributed by atoms with Crippen molar-refractivity contribution in [3.63, 3.8) is 0 Å². The maximum Gasteiger partial charge on any atom is 0.415 e. The van der Waals surface area contributed by atoms with Crippen LogP contribution in [0.5, 0.6) is 5.75 Å².